The Labute approximate surface area is 86.7 Å². The van der Waals surface area contributed by atoms with E-state index >= 15 is 0 Å². The van der Waals surface area contributed by atoms with E-state index in [9.17, 15) is 18.0 Å². The van der Waals surface area contributed by atoms with Crippen molar-refractivity contribution in [3.05, 3.63) is 11.8 Å². The lowest BCUT2D eigenvalue weighted by Crippen LogP contribution is -2.39. The van der Waals surface area contributed by atoms with E-state index in [0.717, 1.165) is 6.92 Å². The molecule has 1 aliphatic rings. The molecule has 0 radical (unpaired) electrons. The summed E-state index contributed by atoms with van der Waals surface area (Å²) in [4.78, 5) is 13.2. The minimum absolute atomic E-state index is 0.144. The van der Waals surface area contributed by atoms with Gasteiger partial charge in [0.05, 0.1) is 0 Å². The first-order chi connectivity index (χ1) is 6.68. The summed E-state index contributed by atoms with van der Waals surface area (Å²) in [6.07, 6.45) is -2.92. The second-order valence-corrected chi connectivity index (χ2v) is 4.28. The van der Waals surface area contributed by atoms with Crippen LogP contribution in [0.3, 0.4) is 0 Å². The third kappa shape index (κ3) is 2.01. The van der Waals surface area contributed by atoms with E-state index < -0.39 is 17.4 Å². The Morgan fingerprint density at radius 1 is 1.40 bits per heavy atom. The van der Waals surface area contributed by atoms with Gasteiger partial charge in [0.15, 0.2) is 5.78 Å². The SMILES string of the molecule is CN(C)/C=C1/CCC(C)(C(F)(F)F)C1=O. The molecule has 0 bridgehead atoms. The Morgan fingerprint density at radius 2 is 1.93 bits per heavy atom. The molecule has 0 amide bonds. The maximum Gasteiger partial charge on any atom is 0.401 e. The Balaban J connectivity index is 2.99. The van der Waals surface area contributed by atoms with Crippen molar-refractivity contribution in [3.8, 4) is 0 Å². The Hall–Kier alpha value is -1.00. The lowest BCUT2D eigenvalue weighted by molar-refractivity contribution is -0.211. The fourth-order valence-electron chi connectivity index (χ4n) is 1.67. The third-order valence-corrected chi connectivity index (χ3v) is 2.73. The van der Waals surface area contributed by atoms with Gasteiger partial charge in [0, 0.05) is 25.9 Å². The van der Waals surface area contributed by atoms with E-state index in [0.29, 0.717) is 0 Å². The normalized spacial score (nSPS) is 30.0. The fraction of sp³-hybridized carbons (Fsp3) is 0.700. The molecule has 0 aromatic rings. The first-order valence-electron chi connectivity index (χ1n) is 4.67. The quantitative estimate of drug-likeness (QED) is 0.633. The van der Waals surface area contributed by atoms with Crippen LogP contribution < -0.4 is 0 Å². The second kappa shape index (κ2) is 3.54. The molecule has 0 spiro atoms. The summed E-state index contributed by atoms with van der Waals surface area (Å²) in [7, 11) is 3.37. The molecule has 0 aromatic heterocycles. The van der Waals surface area contributed by atoms with Crippen LogP contribution in [0.15, 0.2) is 11.8 Å². The molecular formula is C10H14F3NO. The zero-order chi connectivity index (χ0) is 11.9. The molecule has 1 unspecified atom stereocenters. The van der Waals surface area contributed by atoms with Crippen molar-refractivity contribution >= 4 is 5.78 Å². The number of allylic oxidation sites excluding steroid dienone is 1. The van der Waals surface area contributed by atoms with Gasteiger partial charge in [-0.3, -0.25) is 4.79 Å². The lowest BCUT2D eigenvalue weighted by atomic mass is 9.86. The highest BCUT2D eigenvalue weighted by molar-refractivity contribution is 6.02. The number of carbonyl (C=O) groups excluding carboxylic acids is 1. The largest absolute Gasteiger partial charge is 0.401 e. The van der Waals surface area contributed by atoms with Crippen molar-refractivity contribution in [2.75, 3.05) is 14.1 Å². The van der Waals surface area contributed by atoms with E-state index in [-0.39, 0.29) is 18.4 Å². The van der Waals surface area contributed by atoms with Gasteiger partial charge in [-0.15, -0.1) is 0 Å². The fourth-order valence-corrected chi connectivity index (χ4v) is 1.67. The Bertz CT molecular complexity index is 306. The third-order valence-electron chi connectivity index (χ3n) is 2.73. The monoisotopic (exact) mass is 221 g/mol. The van der Waals surface area contributed by atoms with E-state index in [1.807, 2.05) is 0 Å². The Morgan fingerprint density at radius 3 is 2.27 bits per heavy atom. The molecule has 1 aliphatic carbocycles. The van der Waals surface area contributed by atoms with Gasteiger partial charge in [-0.05, 0) is 19.8 Å². The molecule has 0 saturated heterocycles. The average Bonchev–Trinajstić information content (AvgIpc) is 2.32. The maximum atomic E-state index is 12.6. The molecule has 1 fully saturated rings. The highest BCUT2D eigenvalue weighted by Gasteiger charge is 2.59. The first kappa shape index (κ1) is 12.1. The van der Waals surface area contributed by atoms with Gasteiger partial charge in [-0.1, -0.05) is 0 Å². The van der Waals surface area contributed by atoms with Crippen molar-refractivity contribution in [1.82, 2.24) is 4.90 Å². The van der Waals surface area contributed by atoms with Crippen LogP contribution in [0.4, 0.5) is 13.2 Å². The van der Waals surface area contributed by atoms with Crippen molar-refractivity contribution in [3.63, 3.8) is 0 Å². The predicted molar refractivity (Wildman–Crippen MR) is 50.2 cm³/mol. The van der Waals surface area contributed by atoms with Gasteiger partial charge in [0.25, 0.3) is 0 Å². The molecule has 2 nitrogen and oxygen atoms in total. The van der Waals surface area contributed by atoms with Crippen LogP contribution in [-0.2, 0) is 4.79 Å². The molecule has 15 heavy (non-hydrogen) atoms. The first-order valence-corrected chi connectivity index (χ1v) is 4.67. The number of alkyl halides is 3. The van der Waals surface area contributed by atoms with Gasteiger partial charge >= 0.3 is 6.18 Å². The molecule has 0 heterocycles. The highest BCUT2D eigenvalue weighted by atomic mass is 19.4. The number of Topliss-reactive ketones (excluding diaryl/α,β-unsaturated/α-hetero) is 1. The summed E-state index contributed by atoms with van der Waals surface area (Å²) < 4.78 is 37.9. The number of hydrogen-bond acceptors (Lipinski definition) is 2. The summed E-state index contributed by atoms with van der Waals surface area (Å²) in [5, 5.41) is 0. The molecule has 1 rings (SSSR count). The number of hydrogen-bond donors (Lipinski definition) is 0. The maximum absolute atomic E-state index is 12.6. The van der Waals surface area contributed by atoms with Crippen molar-refractivity contribution < 1.29 is 18.0 Å². The average molecular weight is 221 g/mol. The van der Waals surface area contributed by atoms with E-state index in [4.69, 9.17) is 0 Å². The predicted octanol–water partition coefficient (Wildman–Crippen LogP) is 2.36. The molecule has 0 aromatic carbocycles. The van der Waals surface area contributed by atoms with Crippen LogP contribution >= 0.6 is 0 Å². The van der Waals surface area contributed by atoms with Gasteiger partial charge in [-0.2, -0.15) is 13.2 Å². The van der Waals surface area contributed by atoms with Gasteiger partial charge in [-0.25, -0.2) is 0 Å². The van der Waals surface area contributed by atoms with E-state index in [2.05, 4.69) is 0 Å². The highest BCUT2D eigenvalue weighted by Crippen LogP contribution is 2.49. The molecule has 0 N–H and O–H groups in total. The molecule has 5 heteroatoms. The smallest absolute Gasteiger partial charge is 0.383 e. The summed E-state index contributed by atoms with van der Waals surface area (Å²) >= 11 is 0. The van der Waals surface area contributed by atoms with Crippen LogP contribution in [0.25, 0.3) is 0 Å². The minimum Gasteiger partial charge on any atom is -0.383 e. The zero-order valence-corrected chi connectivity index (χ0v) is 8.98. The standard InChI is InChI=1S/C10H14F3NO/c1-9(10(11,12)13)5-4-7(8(9)15)6-14(2)3/h6H,4-5H2,1-3H3/b7-6-. The second-order valence-electron chi connectivity index (χ2n) is 4.28. The van der Waals surface area contributed by atoms with E-state index in [1.54, 1.807) is 19.0 Å². The molecular weight excluding hydrogens is 207 g/mol. The van der Waals surface area contributed by atoms with Crippen LogP contribution in [0, 0.1) is 5.41 Å². The summed E-state index contributed by atoms with van der Waals surface area (Å²) in [6, 6.07) is 0. The minimum atomic E-state index is -4.45. The van der Waals surface area contributed by atoms with Gasteiger partial charge in [0.1, 0.15) is 5.41 Å². The van der Waals surface area contributed by atoms with Crippen LogP contribution in [0.5, 0.6) is 0 Å². The number of halogens is 3. The van der Waals surface area contributed by atoms with E-state index in [1.165, 1.54) is 6.20 Å². The van der Waals surface area contributed by atoms with Crippen LogP contribution in [-0.4, -0.2) is 31.0 Å². The van der Waals surface area contributed by atoms with Crippen LogP contribution in [0.2, 0.25) is 0 Å². The molecule has 86 valence electrons. The van der Waals surface area contributed by atoms with Gasteiger partial charge in [0.2, 0.25) is 0 Å². The number of carbonyl (C=O) groups is 1. The summed E-state index contributed by atoms with van der Waals surface area (Å²) in [5.74, 6) is -0.788. The summed E-state index contributed by atoms with van der Waals surface area (Å²) in [5.41, 5.74) is -1.92. The summed E-state index contributed by atoms with van der Waals surface area (Å²) in [6.45, 7) is 0.978. The lowest BCUT2D eigenvalue weighted by Gasteiger charge is -2.24. The number of rotatable bonds is 1. The van der Waals surface area contributed by atoms with Crippen molar-refractivity contribution in [2.24, 2.45) is 5.41 Å². The van der Waals surface area contributed by atoms with Gasteiger partial charge < -0.3 is 4.90 Å². The van der Waals surface area contributed by atoms with Crippen molar-refractivity contribution in [1.29, 1.82) is 0 Å². The zero-order valence-electron chi connectivity index (χ0n) is 8.98. The number of ketones is 1. The molecule has 1 saturated carbocycles. The topological polar surface area (TPSA) is 20.3 Å². The Kier molecular flexibility index (Phi) is 2.85. The van der Waals surface area contributed by atoms with Crippen molar-refractivity contribution in [2.45, 2.75) is 25.9 Å². The van der Waals surface area contributed by atoms with Crippen LogP contribution in [0.1, 0.15) is 19.8 Å². The molecule has 0 aliphatic heterocycles. The number of nitrogens with zero attached hydrogens (tertiary/aromatic N) is 1. The molecule has 1 atom stereocenters.